The number of anilines is 1. The Bertz CT molecular complexity index is 847. The van der Waals surface area contributed by atoms with Crippen LogP contribution in [0.2, 0.25) is 0 Å². The number of carbonyl (C=O) groups excluding carboxylic acids is 1. The molecular formula is C18H14FNO2. The molecule has 3 rings (SSSR count). The lowest BCUT2D eigenvalue weighted by atomic mass is 10.2. The minimum atomic E-state index is -0.342. The number of hydrogen-bond donors (Lipinski definition) is 1. The maximum atomic E-state index is 12.8. The van der Waals surface area contributed by atoms with E-state index in [0.29, 0.717) is 11.4 Å². The molecule has 1 N–H and O–H groups in total. The van der Waals surface area contributed by atoms with Gasteiger partial charge in [0.15, 0.2) is 0 Å². The number of carbonyl (C=O) groups is 1. The second-order valence-electron chi connectivity index (χ2n) is 5.02. The highest BCUT2D eigenvalue weighted by atomic mass is 19.1. The van der Waals surface area contributed by atoms with Crippen LogP contribution in [0.5, 0.6) is 0 Å². The number of furan rings is 1. The summed E-state index contributed by atoms with van der Waals surface area (Å²) in [6, 6.07) is 13.4. The maximum absolute atomic E-state index is 12.8. The molecule has 0 aliphatic heterocycles. The predicted molar refractivity (Wildman–Crippen MR) is 85.0 cm³/mol. The Kier molecular flexibility index (Phi) is 3.74. The summed E-state index contributed by atoms with van der Waals surface area (Å²) in [5.74, 6) is -0.0378. The third-order valence-electron chi connectivity index (χ3n) is 3.20. The molecule has 0 fully saturated rings. The maximum Gasteiger partial charge on any atom is 0.248 e. The van der Waals surface area contributed by atoms with E-state index in [9.17, 15) is 9.18 Å². The van der Waals surface area contributed by atoms with Gasteiger partial charge in [-0.1, -0.05) is 11.6 Å². The van der Waals surface area contributed by atoms with Crippen LogP contribution >= 0.6 is 0 Å². The summed E-state index contributed by atoms with van der Waals surface area (Å²) in [4.78, 5) is 11.8. The molecule has 22 heavy (non-hydrogen) atoms. The molecule has 0 aliphatic rings. The van der Waals surface area contributed by atoms with E-state index in [2.05, 4.69) is 5.32 Å². The van der Waals surface area contributed by atoms with Crippen molar-refractivity contribution in [3.63, 3.8) is 0 Å². The van der Waals surface area contributed by atoms with Gasteiger partial charge in [0.05, 0.1) is 0 Å². The number of hydrogen-bond acceptors (Lipinski definition) is 2. The van der Waals surface area contributed by atoms with Crippen LogP contribution in [0.15, 0.2) is 59.0 Å². The van der Waals surface area contributed by atoms with Crippen molar-refractivity contribution in [2.45, 2.75) is 6.92 Å². The molecule has 2 aromatic carbocycles. The van der Waals surface area contributed by atoms with Crippen molar-refractivity contribution in [1.29, 1.82) is 0 Å². The largest absolute Gasteiger partial charge is 0.457 e. The van der Waals surface area contributed by atoms with E-state index in [1.807, 2.05) is 31.2 Å². The number of halogens is 1. The predicted octanol–water partition coefficient (Wildman–Crippen LogP) is 4.53. The lowest BCUT2D eigenvalue weighted by Crippen LogP contribution is -2.07. The van der Waals surface area contributed by atoms with Crippen LogP contribution in [0.25, 0.3) is 17.0 Å². The van der Waals surface area contributed by atoms with E-state index in [4.69, 9.17) is 4.42 Å². The first kappa shape index (κ1) is 14.1. The topological polar surface area (TPSA) is 42.2 Å². The Morgan fingerprint density at radius 1 is 1.14 bits per heavy atom. The van der Waals surface area contributed by atoms with Crippen LogP contribution in [-0.2, 0) is 4.79 Å². The van der Waals surface area contributed by atoms with Crippen LogP contribution < -0.4 is 5.32 Å². The van der Waals surface area contributed by atoms with Crippen molar-refractivity contribution >= 4 is 28.6 Å². The fraction of sp³-hybridized carbons (Fsp3) is 0.0556. The number of aryl methyl sites for hydroxylation is 1. The van der Waals surface area contributed by atoms with Gasteiger partial charge in [-0.2, -0.15) is 0 Å². The zero-order chi connectivity index (χ0) is 15.5. The van der Waals surface area contributed by atoms with Crippen LogP contribution in [0, 0.1) is 12.7 Å². The molecule has 0 radical (unpaired) electrons. The van der Waals surface area contributed by atoms with Crippen molar-refractivity contribution in [3.8, 4) is 0 Å². The van der Waals surface area contributed by atoms with Gasteiger partial charge in [-0.05, 0) is 55.5 Å². The molecule has 1 aromatic heterocycles. The molecule has 1 amide bonds. The number of amides is 1. The molecule has 0 bridgehead atoms. The van der Waals surface area contributed by atoms with Crippen molar-refractivity contribution < 1.29 is 13.6 Å². The van der Waals surface area contributed by atoms with E-state index in [-0.39, 0.29) is 11.7 Å². The quantitative estimate of drug-likeness (QED) is 0.721. The molecule has 110 valence electrons. The Balaban J connectivity index is 1.71. The van der Waals surface area contributed by atoms with Gasteiger partial charge in [0.1, 0.15) is 17.2 Å². The number of benzene rings is 2. The van der Waals surface area contributed by atoms with Crippen LogP contribution in [-0.4, -0.2) is 5.91 Å². The van der Waals surface area contributed by atoms with Crippen molar-refractivity contribution in [3.05, 3.63) is 71.7 Å². The second-order valence-corrected chi connectivity index (χ2v) is 5.02. The highest BCUT2D eigenvalue weighted by Crippen LogP contribution is 2.21. The van der Waals surface area contributed by atoms with Gasteiger partial charge in [0.25, 0.3) is 0 Å². The van der Waals surface area contributed by atoms with E-state index < -0.39 is 0 Å². The van der Waals surface area contributed by atoms with Gasteiger partial charge in [-0.15, -0.1) is 0 Å². The minimum absolute atomic E-state index is 0.303. The molecular weight excluding hydrogens is 281 g/mol. The van der Waals surface area contributed by atoms with Crippen molar-refractivity contribution in [1.82, 2.24) is 0 Å². The molecule has 0 saturated heterocycles. The summed E-state index contributed by atoms with van der Waals surface area (Å²) in [6.07, 6.45) is 2.99. The Hall–Kier alpha value is -2.88. The summed E-state index contributed by atoms with van der Waals surface area (Å²) < 4.78 is 18.4. The van der Waals surface area contributed by atoms with Gasteiger partial charge in [0, 0.05) is 17.1 Å². The van der Waals surface area contributed by atoms with Crippen LogP contribution in [0.1, 0.15) is 11.3 Å². The van der Waals surface area contributed by atoms with E-state index in [1.165, 1.54) is 30.3 Å². The number of nitrogens with one attached hydrogen (secondary N) is 1. The van der Waals surface area contributed by atoms with E-state index in [0.717, 1.165) is 16.5 Å². The third kappa shape index (κ3) is 3.23. The van der Waals surface area contributed by atoms with Crippen molar-refractivity contribution in [2.75, 3.05) is 5.32 Å². The Labute approximate surface area is 127 Å². The fourth-order valence-electron chi connectivity index (χ4n) is 2.14. The monoisotopic (exact) mass is 295 g/mol. The molecule has 4 heteroatoms. The fourth-order valence-corrected chi connectivity index (χ4v) is 2.14. The van der Waals surface area contributed by atoms with E-state index >= 15 is 0 Å². The van der Waals surface area contributed by atoms with Gasteiger partial charge in [0.2, 0.25) is 5.91 Å². The number of fused-ring (bicyclic) bond motifs is 1. The van der Waals surface area contributed by atoms with Crippen LogP contribution in [0.3, 0.4) is 0 Å². The number of rotatable bonds is 3. The molecule has 0 aliphatic carbocycles. The molecule has 3 aromatic rings. The molecule has 0 atom stereocenters. The lowest BCUT2D eigenvalue weighted by Gasteiger charge is -2.00. The zero-order valence-electron chi connectivity index (χ0n) is 12.0. The highest BCUT2D eigenvalue weighted by molar-refractivity contribution is 6.02. The van der Waals surface area contributed by atoms with E-state index in [1.54, 1.807) is 6.08 Å². The summed E-state index contributed by atoms with van der Waals surface area (Å²) in [7, 11) is 0. The third-order valence-corrected chi connectivity index (χ3v) is 3.20. The molecule has 1 heterocycles. The first-order chi connectivity index (χ1) is 10.6. The first-order valence-corrected chi connectivity index (χ1v) is 6.85. The average molecular weight is 295 g/mol. The molecule has 3 nitrogen and oxygen atoms in total. The Morgan fingerprint density at radius 2 is 1.91 bits per heavy atom. The van der Waals surface area contributed by atoms with Crippen LogP contribution in [0.4, 0.5) is 10.1 Å². The second kappa shape index (κ2) is 5.85. The van der Waals surface area contributed by atoms with Crippen molar-refractivity contribution in [2.24, 2.45) is 0 Å². The van der Waals surface area contributed by atoms with Gasteiger partial charge in [-0.3, -0.25) is 4.79 Å². The first-order valence-electron chi connectivity index (χ1n) is 6.85. The zero-order valence-corrected chi connectivity index (χ0v) is 12.0. The summed E-state index contributed by atoms with van der Waals surface area (Å²) >= 11 is 0. The smallest absolute Gasteiger partial charge is 0.248 e. The summed E-state index contributed by atoms with van der Waals surface area (Å²) in [6.45, 7) is 2.01. The molecule has 0 spiro atoms. The minimum Gasteiger partial charge on any atom is -0.457 e. The summed E-state index contributed by atoms with van der Waals surface area (Å²) in [5.41, 5.74) is 2.47. The van der Waals surface area contributed by atoms with Gasteiger partial charge >= 0.3 is 0 Å². The normalized spacial score (nSPS) is 11.2. The highest BCUT2D eigenvalue weighted by Gasteiger charge is 2.02. The standard InChI is InChI=1S/C18H14FNO2/c1-12-2-8-17-13(10-12)11-16(22-17)7-9-18(21)20-15-5-3-14(19)4-6-15/h2-11H,1H3,(H,20,21)/b9-7+. The molecule has 0 unspecified atom stereocenters. The molecule has 0 saturated carbocycles. The Morgan fingerprint density at radius 3 is 2.68 bits per heavy atom. The van der Waals surface area contributed by atoms with Gasteiger partial charge in [-0.25, -0.2) is 4.39 Å². The lowest BCUT2D eigenvalue weighted by molar-refractivity contribution is -0.111. The average Bonchev–Trinajstić information content (AvgIpc) is 2.89. The van der Waals surface area contributed by atoms with Gasteiger partial charge < -0.3 is 9.73 Å². The SMILES string of the molecule is Cc1ccc2oc(/C=C/C(=O)Nc3ccc(F)cc3)cc2c1. The summed E-state index contributed by atoms with van der Waals surface area (Å²) in [5, 5.41) is 3.65.